The molecule has 0 saturated carbocycles. The molecule has 0 aromatic heterocycles. The lowest BCUT2D eigenvalue weighted by Gasteiger charge is -2.13. The maximum Gasteiger partial charge on any atom is 0.143 e. The van der Waals surface area contributed by atoms with E-state index in [1.807, 2.05) is 36.4 Å². The highest BCUT2D eigenvalue weighted by Crippen LogP contribution is 2.39. The number of halogens is 3. The van der Waals surface area contributed by atoms with E-state index in [4.69, 9.17) is 9.47 Å². The topological polar surface area (TPSA) is 18.5 Å². The van der Waals surface area contributed by atoms with E-state index in [1.165, 1.54) is 0 Å². The molecule has 0 bridgehead atoms. The molecule has 2 nitrogen and oxygen atoms in total. The molecule has 100 valence electrons. The molecule has 0 amide bonds. The van der Waals surface area contributed by atoms with Gasteiger partial charge in [0.25, 0.3) is 0 Å². The Morgan fingerprint density at radius 2 is 1.58 bits per heavy atom. The lowest BCUT2D eigenvalue weighted by molar-refractivity contribution is 0.409. The summed E-state index contributed by atoms with van der Waals surface area (Å²) in [5.74, 6) is 2.33. The number of benzene rings is 2. The first-order chi connectivity index (χ1) is 9.15. The highest BCUT2D eigenvalue weighted by atomic mass is 79.9. The third-order valence-corrected chi connectivity index (χ3v) is 4.39. The third-order valence-electron chi connectivity index (χ3n) is 2.54. The molecule has 0 saturated heterocycles. The second kappa shape index (κ2) is 6.77. The molecule has 0 aliphatic carbocycles. The van der Waals surface area contributed by atoms with Crippen LogP contribution in [-0.2, 0) is 5.33 Å². The summed E-state index contributed by atoms with van der Waals surface area (Å²) >= 11 is 10.4. The fourth-order valence-electron chi connectivity index (χ4n) is 1.58. The molecule has 0 N–H and O–H groups in total. The molecule has 0 radical (unpaired) electrons. The molecule has 0 fully saturated rings. The number of ether oxygens (including phenoxy) is 2. The summed E-state index contributed by atoms with van der Waals surface area (Å²) in [7, 11) is 1.63. The molecule has 2 rings (SSSR count). The second-order valence-electron chi connectivity index (χ2n) is 3.76. The normalized spacial score (nSPS) is 10.3. The molecule has 2 aromatic rings. The lowest BCUT2D eigenvalue weighted by Crippen LogP contribution is -1.92. The van der Waals surface area contributed by atoms with Gasteiger partial charge in [-0.2, -0.15) is 0 Å². The minimum atomic E-state index is 0.737. The number of alkyl halides is 1. The molecule has 5 heteroatoms. The van der Waals surface area contributed by atoms with Gasteiger partial charge < -0.3 is 9.47 Å². The highest BCUT2D eigenvalue weighted by molar-refractivity contribution is 9.11. The molecule has 0 heterocycles. The Kier molecular flexibility index (Phi) is 5.30. The number of rotatable bonds is 4. The predicted octanol–water partition coefficient (Wildman–Crippen LogP) is 5.91. The molecule has 0 unspecified atom stereocenters. The maximum absolute atomic E-state index is 5.95. The summed E-state index contributed by atoms with van der Waals surface area (Å²) in [6.45, 7) is 0. The largest absolute Gasteiger partial charge is 0.496 e. The number of para-hydroxylation sites is 1. The van der Waals surface area contributed by atoms with Crippen LogP contribution >= 0.6 is 47.8 Å². The Morgan fingerprint density at radius 3 is 2.26 bits per heavy atom. The van der Waals surface area contributed by atoms with Crippen LogP contribution in [0.25, 0.3) is 0 Å². The van der Waals surface area contributed by atoms with Crippen molar-refractivity contribution in [2.45, 2.75) is 5.33 Å². The molecule has 0 spiro atoms. The van der Waals surface area contributed by atoms with Gasteiger partial charge in [-0.25, -0.2) is 0 Å². The number of methoxy groups -OCH3 is 1. The fraction of sp³-hybridized carbons (Fsp3) is 0.143. The van der Waals surface area contributed by atoms with Crippen molar-refractivity contribution in [2.24, 2.45) is 0 Å². The molecule has 0 atom stereocenters. The highest BCUT2D eigenvalue weighted by Gasteiger charge is 2.10. The third kappa shape index (κ3) is 3.52. The van der Waals surface area contributed by atoms with E-state index < -0.39 is 0 Å². The van der Waals surface area contributed by atoms with Gasteiger partial charge in [0.2, 0.25) is 0 Å². The Bertz CT molecular complexity index is 585. The van der Waals surface area contributed by atoms with Gasteiger partial charge in [-0.05, 0) is 50.1 Å². The smallest absolute Gasteiger partial charge is 0.143 e. The average Bonchev–Trinajstić information content (AvgIpc) is 2.43. The number of hydrogen-bond donors (Lipinski definition) is 0. The standard InChI is InChI=1S/C14H11Br3O2/c1-18-13-6-11(17)14(7-10(13)16)19-12-5-3-2-4-9(12)8-15/h2-7H,8H2,1H3. The van der Waals surface area contributed by atoms with Crippen LogP contribution in [0, 0.1) is 0 Å². The van der Waals surface area contributed by atoms with Crippen molar-refractivity contribution in [3.63, 3.8) is 0 Å². The van der Waals surface area contributed by atoms with Crippen molar-refractivity contribution in [2.75, 3.05) is 7.11 Å². The average molecular weight is 451 g/mol. The quantitative estimate of drug-likeness (QED) is 0.539. The van der Waals surface area contributed by atoms with Crippen LogP contribution < -0.4 is 9.47 Å². The SMILES string of the molecule is COc1cc(Br)c(Oc2ccccc2CBr)cc1Br. The Labute approximate surface area is 137 Å². The van der Waals surface area contributed by atoms with Crippen LogP contribution in [0.4, 0.5) is 0 Å². The maximum atomic E-state index is 5.95. The first kappa shape index (κ1) is 14.9. The lowest BCUT2D eigenvalue weighted by atomic mass is 10.2. The minimum absolute atomic E-state index is 0.737. The minimum Gasteiger partial charge on any atom is -0.496 e. The van der Waals surface area contributed by atoms with Crippen molar-refractivity contribution in [3.8, 4) is 17.2 Å². The van der Waals surface area contributed by atoms with E-state index >= 15 is 0 Å². The monoisotopic (exact) mass is 448 g/mol. The van der Waals surface area contributed by atoms with Gasteiger partial charge in [-0.3, -0.25) is 0 Å². The molecule has 0 aliphatic rings. The van der Waals surface area contributed by atoms with Gasteiger partial charge in [-0.1, -0.05) is 34.1 Å². The molecule has 0 aliphatic heterocycles. The van der Waals surface area contributed by atoms with E-state index in [1.54, 1.807) is 7.11 Å². The summed E-state index contributed by atoms with van der Waals surface area (Å²) in [5.41, 5.74) is 1.10. The van der Waals surface area contributed by atoms with Crippen LogP contribution in [0.1, 0.15) is 5.56 Å². The number of hydrogen-bond acceptors (Lipinski definition) is 2. The molecule has 19 heavy (non-hydrogen) atoms. The van der Waals surface area contributed by atoms with E-state index in [9.17, 15) is 0 Å². The fourth-order valence-corrected chi connectivity index (χ4v) is 2.93. The van der Waals surface area contributed by atoms with Gasteiger partial charge in [0, 0.05) is 10.9 Å². The summed E-state index contributed by atoms with van der Waals surface area (Å²) in [6.07, 6.45) is 0. The van der Waals surface area contributed by atoms with Gasteiger partial charge in [0.15, 0.2) is 0 Å². The van der Waals surface area contributed by atoms with Gasteiger partial charge >= 0.3 is 0 Å². The van der Waals surface area contributed by atoms with Crippen LogP contribution in [0.2, 0.25) is 0 Å². The van der Waals surface area contributed by atoms with E-state index in [-0.39, 0.29) is 0 Å². The second-order valence-corrected chi connectivity index (χ2v) is 6.03. The zero-order chi connectivity index (χ0) is 13.8. The van der Waals surface area contributed by atoms with Crippen molar-refractivity contribution in [3.05, 3.63) is 50.9 Å². The molecular formula is C14H11Br3O2. The predicted molar refractivity (Wildman–Crippen MR) is 87.5 cm³/mol. The first-order valence-electron chi connectivity index (χ1n) is 5.50. The van der Waals surface area contributed by atoms with E-state index in [2.05, 4.69) is 47.8 Å². The molecular weight excluding hydrogens is 440 g/mol. The summed E-state index contributed by atoms with van der Waals surface area (Å²) < 4.78 is 12.9. The van der Waals surface area contributed by atoms with Crippen molar-refractivity contribution >= 4 is 47.8 Å². The van der Waals surface area contributed by atoms with Crippen LogP contribution in [0.5, 0.6) is 17.2 Å². The van der Waals surface area contributed by atoms with E-state index in [0.717, 1.165) is 37.1 Å². The van der Waals surface area contributed by atoms with Crippen LogP contribution in [0.15, 0.2) is 45.3 Å². The molecule has 2 aromatic carbocycles. The first-order valence-corrected chi connectivity index (χ1v) is 8.21. The van der Waals surface area contributed by atoms with Crippen molar-refractivity contribution in [1.82, 2.24) is 0 Å². The Morgan fingerprint density at radius 1 is 0.947 bits per heavy atom. The summed E-state index contributed by atoms with van der Waals surface area (Å²) in [5, 5.41) is 0.748. The van der Waals surface area contributed by atoms with Crippen LogP contribution in [0.3, 0.4) is 0 Å². The summed E-state index contributed by atoms with van der Waals surface area (Å²) in [4.78, 5) is 0. The Hall–Kier alpha value is -0.520. The zero-order valence-electron chi connectivity index (χ0n) is 10.1. The zero-order valence-corrected chi connectivity index (χ0v) is 14.9. The Balaban J connectivity index is 2.36. The van der Waals surface area contributed by atoms with Crippen molar-refractivity contribution in [1.29, 1.82) is 0 Å². The summed E-state index contributed by atoms with van der Waals surface area (Å²) in [6, 6.07) is 11.7. The van der Waals surface area contributed by atoms with Gasteiger partial charge in [-0.15, -0.1) is 0 Å². The van der Waals surface area contributed by atoms with Crippen molar-refractivity contribution < 1.29 is 9.47 Å². The van der Waals surface area contributed by atoms with Gasteiger partial charge in [0.05, 0.1) is 16.1 Å². The van der Waals surface area contributed by atoms with E-state index in [0.29, 0.717) is 0 Å². The van der Waals surface area contributed by atoms with Gasteiger partial charge in [0.1, 0.15) is 17.2 Å². The van der Waals surface area contributed by atoms with Crippen LogP contribution in [-0.4, -0.2) is 7.11 Å².